The van der Waals surface area contributed by atoms with E-state index in [-0.39, 0.29) is 18.0 Å². The summed E-state index contributed by atoms with van der Waals surface area (Å²) in [5.41, 5.74) is 4.01. The minimum atomic E-state index is -0.700. The maximum Gasteiger partial charge on any atom is 0.138 e. The van der Waals surface area contributed by atoms with Gasteiger partial charge >= 0.3 is 0 Å². The van der Waals surface area contributed by atoms with Crippen LogP contribution in [0.5, 0.6) is 0 Å². The first-order chi connectivity index (χ1) is 17.8. The van der Waals surface area contributed by atoms with Gasteiger partial charge in [-0.15, -0.1) is 0 Å². The molecule has 1 aromatic heterocycles. The lowest BCUT2D eigenvalue weighted by Gasteiger charge is -2.36. The number of nitrogens with zero attached hydrogens (tertiary/aromatic N) is 5. The SMILES string of the molecule is CC(N[C@@H](c1cccc(-n2cncn2)c1)C(C)(C)C#N)C(Cc1ccc(Cl)cc1)c1cccc(C#N)c1. The second-order valence-electron chi connectivity index (χ2n) is 9.83. The Labute approximate surface area is 223 Å². The second-order valence-corrected chi connectivity index (χ2v) is 10.3. The number of aromatic nitrogens is 3. The first-order valence-corrected chi connectivity index (χ1v) is 12.6. The van der Waals surface area contributed by atoms with Gasteiger partial charge in [0.1, 0.15) is 12.7 Å². The molecule has 0 amide bonds. The topological polar surface area (TPSA) is 90.3 Å². The van der Waals surface area contributed by atoms with Crippen LogP contribution in [0.4, 0.5) is 0 Å². The van der Waals surface area contributed by atoms with Crippen molar-refractivity contribution in [2.45, 2.75) is 45.2 Å². The molecule has 0 saturated carbocycles. The van der Waals surface area contributed by atoms with Crippen LogP contribution in [0, 0.1) is 28.1 Å². The lowest BCUT2D eigenvalue weighted by Crippen LogP contribution is -2.42. The lowest BCUT2D eigenvalue weighted by atomic mass is 9.79. The van der Waals surface area contributed by atoms with E-state index in [1.54, 1.807) is 11.0 Å². The first kappa shape index (κ1) is 26.1. The van der Waals surface area contributed by atoms with Crippen molar-refractivity contribution < 1.29 is 0 Å². The Kier molecular flexibility index (Phi) is 8.04. The van der Waals surface area contributed by atoms with Crippen molar-refractivity contribution in [3.05, 3.63) is 113 Å². The molecule has 0 saturated heterocycles. The van der Waals surface area contributed by atoms with Crippen molar-refractivity contribution in [3.63, 3.8) is 0 Å². The van der Waals surface area contributed by atoms with Crippen LogP contribution in [0.2, 0.25) is 5.02 Å². The third-order valence-corrected chi connectivity index (χ3v) is 6.99. The molecule has 0 aliphatic heterocycles. The maximum absolute atomic E-state index is 10.1. The molecule has 0 aliphatic carbocycles. The Morgan fingerprint density at radius 1 is 1.00 bits per heavy atom. The van der Waals surface area contributed by atoms with E-state index in [4.69, 9.17) is 11.6 Å². The molecule has 4 rings (SSSR count). The highest BCUT2D eigenvalue weighted by Gasteiger charge is 2.34. The van der Waals surface area contributed by atoms with Crippen LogP contribution in [0.15, 0.2) is 85.5 Å². The predicted octanol–water partition coefficient (Wildman–Crippen LogP) is 6.39. The van der Waals surface area contributed by atoms with Crippen LogP contribution in [0.1, 0.15) is 55.0 Å². The first-order valence-electron chi connectivity index (χ1n) is 12.2. The van der Waals surface area contributed by atoms with Crippen LogP contribution in [0.25, 0.3) is 5.69 Å². The van der Waals surface area contributed by atoms with Crippen molar-refractivity contribution in [1.82, 2.24) is 20.1 Å². The highest BCUT2D eigenvalue weighted by atomic mass is 35.5. The van der Waals surface area contributed by atoms with E-state index < -0.39 is 5.41 Å². The number of hydrogen-bond acceptors (Lipinski definition) is 5. The van der Waals surface area contributed by atoms with E-state index in [1.807, 2.05) is 80.6 Å². The molecular formula is C30H29ClN6. The number of hydrogen-bond donors (Lipinski definition) is 1. The molecule has 7 heteroatoms. The summed E-state index contributed by atoms with van der Waals surface area (Å²) in [6, 6.07) is 28.1. The van der Waals surface area contributed by atoms with Crippen molar-refractivity contribution in [2.75, 3.05) is 0 Å². The number of benzene rings is 3. The van der Waals surface area contributed by atoms with Crippen molar-refractivity contribution in [1.29, 1.82) is 10.5 Å². The molecule has 2 unspecified atom stereocenters. The fraction of sp³-hybridized carbons (Fsp3) is 0.267. The molecule has 37 heavy (non-hydrogen) atoms. The molecule has 186 valence electrons. The summed E-state index contributed by atoms with van der Waals surface area (Å²) in [4.78, 5) is 4.06. The van der Waals surface area contributed by atoms with Crippen LogP contribution < -0.4 is 5.32 Å². The number of nitriles is 2. The maximum atomic E-state index is 10.1. The molecule has 0 radical (unpaired) electrons. The molecule has 0 aliphatic rings. The normalized spacial score (nSPS) is 13.8. The fourth-order valence-electron chi connectivity index (χ4n) is 4.65. The van der Waals surface area contributed by atoms with Crippen molar-refractivity contribution in [2.24, 2.45) is 5.41 Å². The van der Waals surface area contributed by atoms with E-state index >= 15 is 0 Å². The van der Waals surface area contributed by atoms with Gasteiger partial charge in [0.25, 0.3) is 0 Å². The van der Waals surface area contributed by atoms with Crippen LogP contribution in [-0.2, 0) is 6.42 Å². The molecule has 1 heterocycles. The van der Waals surface area contributed by atoms with Gasteiger partial charge in [0, 0.05) is 17.0 Å². The summed E-state index contributed by atoms with van der Waals surface area (Å²) in [6.45, 7) is 6.04. The summed E-state index contributed by atoms with van der Waals surface area (Å²) < 4.78 is 1.71. The standard InChI is InChI=1S/C30H29ClN6/c1-21(28(15-22-10-12-26(31)13-11-22)24-7-4-6-23(14-24)17-32)36-29(30(2,3)18-33)25-8-5-9-27(16-25)37-20-34-19-35-37/h4-14,16,19-21,28-29,36H,15H2,1-3H3/t21?,28?,29-/m0/s1. The quantitative estimate of drug-likeness (QED) is 0.283. The Bertz CT molecular complexity index is 1410. The molecule has 3 atom stereocenters. The molecule has 3 aromatic carbocycles. The van der Waals surface area contributed by atoms with Crippen molar-refractivity contribution >= 4 is 11.6 Å². The average Bonchev–Trinajstić information content (AvgIpc) is 3.46. The van der Waals surface area contributed by atoms with E-state index in [0.717, 1.165) is 28.8 Å². The van der Waals surface area contributed by atoms with Gasteiger partial charge in [-0.2, -0.15) is 15.6 Å². The summed E-state index contributed by atoms with van der Waals surface area (Å²) in [6.07, 6.45) is 3.91. The largest absolute Gasteiger partial charge is 0.305 e. The smallest absolute Gasteiger partial charge is 0.138 e. The van der Waals surface area contributed by atoms with Gasteiger partial charge in [-0.25, -0.2) is 9.67 Å². The van der Waals surface area contributed by atoms with E-state index in [2.05, 4.69) is 40.5 Å². The van der Waals surface area contributed by atoms with Gasteiger partial charge in [0.15, 0.2) is 0 Å². The lowest BCUT2D eigenvalue weighted by molar-refractivity contribution is 0.281. The zero-order valence-electron chi connectivity index (χ0n) is 21.1. The Morgan fingerprint density at radius 2 is 1.73 bits per heavy atom. The summed E-state index contributed by atoms with van der Waals surface area (Å²) in [5, 5.41) is 28.4. The minimum Gasteiger partial charge on any atom is -0.305 e. The summed E-state index contributed by atoms with van der Waals surface area (Å²) in [7, 11) is 0. The molecule has 0 spiro atoms. The van der Waals surface area contributed by atoms with E-state index in [0.29, 0.717) is 10.6 Å². The minimum absolute atomic E-state index is 0.0303. The monoisotopic (exact) mass is 508 g/mol. The third kappa shape index (κ3) is 6.24. The van der Waals surface area contributed by atoms with E-state index in [9.17, 15) is 10.5 Å². The van der Waals surface area contributed by atoms with Gasteiger partial charge in [-0.05, 0) is 80.3 Å². The highest BCUT2D eigenvalue weighted by molar-refractivity contribution is 6.30. The third-order valence-electron chi connectivity index (χ3n) is 6.74. The van der Waals surface area contributed by atoms with Crippen LogP contribution in [0.3, 0.4) is 0 Å². The molecule has 6 nitrogen and oxygen atoms in total. The van der Waals surface area contributed by atoms with E-state index in [1.165, 1.54) is 6.33 Å². The van der Waals surface area contributed by atoms with Gasteiger partial charge in [-0.1, -0.05) is 48.0 Å². The van der Waals surface area contributed by atoms with Gasteiger partial charge in [0.05, 0.1) is 34.8 Å². The predicted molar refractivity (Wildman–Crippen MR) is 145 cm³/mol. The Hall–Kier alpha value is -3.97. The number of halogens is 1. The summed E-state index contributed by atoms with van der Waals surface area (Å²) in [5.74, 6) is 0.0463. The fourth-order valence-corrected chi connectivity index (χ4v) is 4.78. The van der Waals surface area contributed by atoms with Gasteiger partial charge in [0.2, 0.25) is 0 Å². The van der Waals surface area contributed by atoms with Gasteiger partial charge in [-0.3, -0.25) is 0 Å². The molecule has 0 bridgehead atoms. The highest BCUT2D eigenvalue weighted by Crippen LogP contribution is 2.36. The number of nitrogens with one attached hydrogen (secondary N) is 1. The second kappa shape index (κ2) is 11.4. The Balaban J connectivity index is 1.71. The van der Waals surface area contributed by atoms with Crippen LogP contribution in [-0.4, -0.2) is 20.8 Å². The Morgan fingerprint density at radius 3 is 2.41 bits per heavy atom. The number of rotatable bonds is 9. The molecule has 0 fully saturated rings. The molecule has 1 N–H and O–H groups in total. The zero-order chi connectivity index (χ0) is 26.4. The van der Waals surface area contributed by atoms with Crippen molar-refractivity contribution in [3.8, 4) is 17.8 Å². The summed E-state index contributed by atoms with van der Waals surface area (Å²) >= 11 is 6.13. The molecular weight excluding hydrogens is 480 g/mol. The van der Waals surface area contributed by atoms with Crippen LogP contribution >= 0.6 is 11.6 Å². The average molecular weight is 509 g/mol. The zero-order valence-corrected chi connectivity index (χ0v) is 21.9. The molecule has 4 aromatic rings. The van der Waals surface area contributed by atoms with Gasteiger partial charge < -0.3 is 5.32 Å².